The van der Waals surface area contributed by atoms with E-state index in [9.17, 15) is 4.79 Å². The van der Waals surface area contributed by atoms with Gasteiger partial charge in [-0.25, -0.2) is 4.79 Å². The van der Waals surface area contributed by atoms with Gasteiger partial charge in [0.15, 0.2) is 0 Å². The van der Waals surface area contributed by atoms with E-state index in [0.29, 0.717) is 11.6 Å². The zero-order valence-corrected chi connectivity index (χ0v) is 10.0. The van der Waals surface area contributed by atoms with Gasteiger partial charge in [-0.3, -0.25) is 0 Å². The summed E-state index contributed by atoms with van der Waals surface area (Å²) in [5, 5.41) is 11.9. The van der Waals surface area contributed by atoms with Crippen LogP contribution in [-0.2, 0) is 4.79 Å². The lowest BCUT2D eigenvalue weighted by Crippen LogP contribution is -2.21. The third-order valence-corrected chi connectivity index (χ3v) is 2.12. The number of carboxylic acid groups (broad SMARTS) is 1. The molecule has 0 saturated heterocycles. The summed E-state index contributed by atoms with van der Waals surface area (Å²) in [7, 11) is 0. The lowest BCUT2D eigenvalue weighted by atomic mass is 10.1. The van der Waals surface area contributed by atoms with Gasteiger partial charge in [0.05, 0.1) is 0 Å². The Kier molecular flexibility index (Phi) is 7.78. The lowest BCUT2D eigenvalue weighted by molar-refractivity contribution is -0.133. The van der Waals surface area contributed by atoms with Crippen LogP contribution in [0, 0.1) is 5.92 Å². The highest BCUT2D eigenvalue weighted by atomic mass is 16.4. The van der Waals surface area contributed by atoms with Gasteiger partial charge in [0, 0.05) is 6.54 Å². The average molecular weight is 213 g/mol. The number of carbonyl (C=O) groups is 1. The van der Waals surface area contributed by atoms with Crippen LogP contribution in [0.15, 0.2) is 11.8 Å². The first kappa shape index (κ1) is 14.0. The highest BCUT2D eigenvalue weighted by Gasteiger charge is 2.05. The molecule has 0 aliphatic rings. The van der Waals surface area contributed by atoms with Crippen molar-refractivity contribution in [3.63, 3.8) is 0 Å². The second-order valence-electron chi connectivity index (χ2n) is 4.19. The molecule has 0 aliphatic carbocycles. The van der Waals surface area contributed by atoms with Crippen LogP contribution in [0.5, 0.6) is 0 Å². The average Bonchev–Trinajstić information content (AvgIpc) is 2.15. The van der Waals surface area contributed by atoms with Crippen LogP contribution in [0.3, 0.4) is 0 Å². The first-order chi connectivity index (χ1) is 7.07. The molecule has 0 aromatic rings. The number of allylic oxidation sites excluding steroid dienone is 1. The largest absolute Gasteiger partial charge is 0.477 e. The second kappa shape index (κ2) is 8.33. The molecule has 3 nitrogen and oxygen atoms in total. The Morgan fingerprint density at radius 1 is 1.40 bits per heavy atom. The molecule has 0 aliphatic heterocycles. The Labute approximate surface area is 92.6 Å². The maximum absolute atomic E-state index is 10.8. The molecule has 0 amide bonds. The second-order valence-corrected chi connectivity index (χ2v) is 4.19. The van der Waals surface area contributed by atoms with Gasteiger partial charge in [0.2, 0.25) is 0 Å². The van der Waals surface area contributed by atoms with Gasteiger partial charge in [0.25, 0.3) is 0 Å². The Morgan fingerprint density at radius 3 is 2.53 bits per heavy atom. The molecule has 0 heterocycles. The zero-order chi connectivity index (χ0) is 11.7. The van der Waals surface area contributed by atoms with Gasteiger partial charge >= 0.3 is 5.97 Å². The van der Waals surface area contributed by atoms with Crippen LogP contribution in [0.4, 0.5) is 0 Å². The van der Waals surface area contributed by atoms with Crippen molar-refractivity contribution in [3.05, 3.63) is 11.8 Å². The molecule has 2 N–H and O–H groups in total. The first-order valence-corrected chi connectivity index (χ1v) is 5.75. The molecule has 88 valence electrons. The Bertz CT molecular complexity index is 210. The van der Waals surface area contributed by atoms with E-state index in [1.165, 1.54) is 0 Å². The van der Waals surface area contributed by atoms with E-state index >= 15 is 0 Å². The van der Waals surface area contributed by atoms with E-state index in [1.54, 1.807) is 6.08 Å². The van der Waals surface area contributed by atoms with Crippen molar-refractivity contribution in [2.45, 2.75) is 46.5 Å². The highest BCUT2D eigenvalue weighted by molar-refractivity contribution is 5.85. The van der Waals surface area contributed by atoms with Crippen LogP contribution in [0.1, 0.15) is 46.5 Å². The Balaban J connectivity index is 3.94. The number of rotatable bonds is 8. The summed E-state index contributed by atoms with van der Waals surface area (Å²) in [4.78, 5) is 10.8. The molecule has 0 bridgehead atoms. The molecule has 0 rings (SSSR count). The fourth-order valence-corrected chi connectivity index (χ4v) is 1.19. The fraction of sp³-hybridized carbons (Fsp3) is 0.750. The van der Waals surface area contributed by atoms with Gasteiger partial charge in [-0.2, -0.15) is 0 Å². The van der Waals surface area contributed by atoms with Gasteiger partial charge in [0.1, 0.15) is 5.70 Å². The third-order valence-electron chi connectivity index (χ3n) is 2.12. The fourth-order valence-electron chi connectivity index (χ4n) is 1.19. The highest BCUT2D eigenvalue weighted by Crippen LogP contribution is 2.03. The standard InChI is InChI=1S/C12H23NO2/c1-4-5-6-9-13-11(12(14)15)8-7-10(2)3/h8,10,13H,4-7,9H2,1-3H3,(H,14,15). The zero-order valence-electron chi connectivity index (χ0n) is 10.0. The summed E-state index contributed by atoms with van der Waals surface area (Å²) >= 11 is 0. The van der Waals surface area contributed by atoms with Crippen molar-refractivity contribution in [1.82, 2.24) is 5.32 Å². The molecule has 0 spiro atoms. The van der Waals surface area contributed by atoms with Gasteiger partial charge in [-0.15, -0.1) is 0 Å². The molecule has 0 saturated carbocycles. The number of aliphatic carboxylic acids is 1. The molecule has 15 heavy (non-hydrogen) atoms. The van der Waals surface area contributed by atoms with E-state index in [1.807, 2.05) is 0 Å². The predicted molar refractivity (Wildman–Crippen MR) is 62.7 cm³/mol. The van der Waals surface area contributed by atoms with Gasteiger partial charge in [-0.05, 0) is 18.8 Å². The van der Waals surface area contributed by atoms with E-state index in [0.717, 1.165) is 32.2 Å². The van der Waals surface area contributed by atoms with Crippen LogP contribution in [0.2, 0.25) is 0 Å². The van der Waals surface area contributed by atoms with Crippen LogP contribution >= 0.6 is 0 Å². The third kappa shape index (κ3) is 8.03. The normalized spacial score (nSPS) is 11.9. The molecular weight excluding hydrogens is 190 g/mol. The van der Waals surface area contributed by atoms with E-state index in [4.69, 9.17) is 5.11 Å². The van der Waals surface area contributed by atoms with E-state index < -0.39 is 5.97 Å². The van der Waals surface area contributed by atoms with E-state index in [2.05, 4.69) is 26.1 Å². The summed E-state index contributed by atoms with van der Waals surface area (Å²) in [6.07, 6.45) is 5.91. The summed E-state index contributed by atoms with van der Waals surface area (Å²) < 4.78 is 0. The number of hydrogen-bond acceptors (Lipinski definition) is 2. The Hall–Kier alpha value is -0.990. The van der Waals surface area contributed by atoms with Crippen molar-refractivity contribution in [1.29, 1.82) is 0 Å². The van der Waals surface area contributed by atoms with Crippen LogP contribution in [0.25, 0.3) is 0 Å². The van der Waals surface area contributed by atoms with Crippen molar-refractivity contribution in [2.24, 2.45) is 5.92 Å². The van der Waals surface area contributed by atoms with Gasteiger partial charge in [-0.1, -0.05) is 39.7 Å². The maximum atomic E-state index is 10.8. The smallest absolute Gasteiger partial charge is 0.351 e. The first-order valence-electron chi connectivity index (χ1n) is 5.75. The number of nitrogens with one attached hydrogen (secondary N) is 1. The van der Waals surface area contributed by atoms with Crippen LogP contribution in [-0.4, -0.2) is 17.6 Å². The van der Waals surface area contributed by atoms with E-state index in [-0.39, 0.29) is 0 Å². The Morgan fingerprint density at radius 2 is 2.07 bits per heavy atom. The quantitative estimate of drug-likeness (QED) is 0.481. The molecule has 3 heteroatoms. The molecule has 0 unspecified atom stereocenters. The monoisotopic (exact) mass is 213 g/mol. The number of unbranched alkanes of at least 4 members (excludes halogenated alkanes) is 2. The van der Waals surface area contributed by atoms with Crippen molar-refractivity contribution >= 4 is 5.97 Å². The van der Waals surface area contributed by atoms with Gasteiger partial charge < -0.3 is 10.4 Å². The summed E-state index contributed by atoms with van der Waals surface area (Å²) in [6, 6.07) is 0. The minimum absolute atomic E-state index is 0.347. The maximum Gasteiger partial charge on any atom is 0.351 e. The molecule has 0 radical (unpaired) electrons. The van der Waals surface area contributed by atoms with Crippen molar-refractivity contribution in [3.8, 4) is 0 Å². The molecular formula is C12H23NO2. The molecule has 0 aromatic carbocycles. The predicted octanol–water partition coefficient (Wildman–Crippen LogP) is 2.78. The molecule has 0 atom stereocenters. The minimum Gasteiger partial charge on any atom is -0.477 e. The summed E-state index contributed by atoms with van der Waals surface area (Å²) in [5.41, 5.74) is 0.347. The molecule has 0 fully saturated rings. The minimum atomic E-state index is -0.854. The summed E-state index contributed by atoms with van der Waals surface area (Å²) in [6.45, 7) is 7.04. The SMILES string of the molecule is CCCCCNC(=CCC(C)C)C(=O)O. The topological polar surface area (TPSA) is 49.3 Å². The van der Waals surface area contributed by atoms with Crippen molar-refractivity contribution in [2.75, 3.05) is 6.54 Å². The molecule has 0 aromatic heterocycles. The number of hydrogen-bond donors (Lipinski definition) is 2. The van der Waals surface area contributed by atoms with Crippen molar-refractivity contribution < 1.29 is 9.90 Å². The lowest BCUT2D eigenvalue weighted by Gasteiger charge is -2.07. The summed E-state index contributed by atoms with van der Waals surface area (Å²) in [5.74, 6) is -0.357. The number of carboxylic acids is 1. The van der Waals surface area contributed by atoms with Crippen LogP contribution < -0.4 is 5.32 Å².